The van der Waals surface area contributed by atoms with E-state index in [2.05, 4.69) is 4.74 Å². The Bertz CT molecular complexity index is 1330. The van der Waals surface area contributed by atoms with Gasteiger partial charge in [-0.05, 0) is 101 Å². The van der Waals surface area contributed by atoms with Crippen molar-refractivity contribution in [3.05, 3.63) is 59.7 Å². The molecule has 1 unspecified atom stereocenters. The molecular weight excluding hydrogens is 611 g/mol. The Morgan fingerprint density at radius 2 is 1.55 bits per heavy atom. The van der Waals surface area contributed by atoms with E-state index in [1.165, 1.54) is 12.1 Å². The first-order chi connectivity index (χ1) is 22.0. The topological polar surface area (TPSA) is 74.3 Å². The molecule has 0 spiro atoms. The maximum atomic E-state index is 13.8. The van der Waals surface area contributed by atoms with Crippen LogP contribution in [0.1, 0.15) is 97.6 Å². The summed E-state index contributed by atoms with van der Waals surface area (Å²) >= 11 is 0. The molecule has 1 aliphatic heterocycles. The number of halogens is 3. The number of hydrogen-bond acceptors (Lipinski definition) is 6. The molecule has 1 amide bonds. The molecule has 4 rings (SSSR count). The van der Waals surface area contributed by atoms with Crippen molar-refractivity contribution in [2.75, 3.05) is 19.8 Å². The molecule has 0 aromatic heterocycles. The first-order valence-electron chi connectivity index (χ1n) is 16.7. The standard InChI is InChI=1S/C37H50F3NO6/c1-7-44-32(42)27-10-16-30(17-11-27)46-29-14-8-26(9-15-29)24-41(33(43)34(2,3)4)22-20-36(21-23-45-35(5,6)25-36)28-12-18-31(19-13-28)47-37(38,39)40/h8-9,12-15,18-19,27,30H,7,10-11,16-17,20-25H2,1-6H3/t27-,30-,36?. The number of esters is 1. The highest BCUT2D eigenvalue weighted by molar-refractivity contribution is 5.81. The number of carbonyl (C=O) groups excluding carboxylic acids is 2. The van der Waals surface area contributed by atoms with E-state index in [9.17, 15) is 22.8 Å². The highest BCUT2D eigenvalue weighted by Crippen LogP contribution is 2.45. The van der Waals surface area contributed by atoms with Crippen molar-refractivity contribution in [2.45, 2.75) is 117 Å². The zero-order chi connectivity index (χ0) is 34.5. The van der Waals surface area contributed by atoms with Gasteiger partial charge in [0.1, 0.15) is 11.5 Å². The van der Waals surface area contributed by atoms with E-state index >= 15 is 0 Å². The highest BCUT2D eigenvalue weighted by atomic mass is 19.4. The summed E-state index contributed by atoms with van der Waals surface area (Å²) in [5, 5.41) is 0. The quantitative estimate of drug-likeness (QED) is 0.225. The minimum Gasteiger partial charge on any atom is -0.490 e. The van der Waals surface area contributed by atoms with Gasteiger partial charge in [-0.15, -0.1) is 13.2 Å². The van der Waals surface area contributed by atoms with Crippen molar-refractivity contribution in [1.82, 2.24) is 4.90 Å². The Kier molecular flexibility index (Phi) is 11.6. The molecule has 1 aliphatic carbocycles. The van der Waals surface area contributed by atoms with Crippen LogP contribution < -0.4 is 9.47 Å². The first-order valence-corrected chi connectivity index (χ1v) is 16.7. The molecule has 2 aromatic rings. The lowest BCUT2D eigenvalue weighted by molar-refractivity contribution is -0.274. The van der Waals surface area contributed by atoms with E-state index in [1.807, 2.05) is 70.7 Å². The average Bonchev–Trinajstić information content (AvgIpc) is 2.99. The van der Waals surface area contributed by atoms with Gasteiger partial charge in [0.05, 0.1) is 24.2 Å². The predicted octanol–water partition coefficient (Wildman–Crippen LogP) is 8.38. The second-order valence-electron chi connectivity index (χ2n) is 14.6. The Morgan fingerprint density at radius 1 is 0.936 bits per heavy atom. The van der Waals surface area contributed by atoms with Gasteiger partial charge in [-0.2, -0.15) is 0 Å². The van der Waals surface area contributed by atoms with Crippen molar-refractivity contribution >= 4 is 11.9 Å². The van der Waals surface area contributed by atoms with Crippen LogP contribution in [0.5, 0.6) is 11.5 Å². The molecule has 1 heterocycles. The molecule has 7 nitrogen and oxygen atoms in total. The van der Waals surface area contributed by atoms with Crippen LogP contribution in [0, 0.1) is 11.3 Å². The van der Waals surface area contributed by atoms with Crippen LogP contribution >= 0.6 is 0 Å². The van der Waals surface area contributed by atoms with Gasteiger partial charge in [-0.1, -0.05) is 45.0 Å². The molecule has 0 radical (unpaired) electrons. The third-order valence-electron chi connectivity index (χ3n) is 9.22. The molecular formula is C37H50F3NO6. The molecule has 260 valence electrons. The fraction of sp³-hybridized carbons (Fsp3) is 0.622. The SMILES string of the molecule is CCOC(=O)[C@H]1CC[C@H](Oc2ccc(CN(CCC3(c4ccc(OC(F)(F)F)cc4)CCOC(C)(C)C3)C(=O)C(C)(C)C)cc2)CC1. The summed E-state index contributed by atoms with van der Waals surface area (Å²) < 4.78 is 60.0. The summed E-state index contributed by atoms with van der Waals surface area (Å²) in [5.74, 6) is 0.334. The Hall–Kier alpha value is -3.27. The lowest BCUT2D eigenvalue weighted by Gasteiger charge is -2.46. The Balaban J connectivity index is 1.46. The molecule has 1 saturated heterocycles. The molecule has 2 aliphatic rings. The third-order valence-corrected chi connectivity index (χ3v) is 9.22. The number of hydrogen-bond donors (Lipinski definition) is 0. The van der Waals surface area contributed by atoms with Crippen molar-refractivity contribution < 1.29 is 41.7 Å². The largest absolute Gasteiger partial charge is 0.573 e. The van der Waals surface area contributed by atoms with Crippen LogP contribution in [0.3, 0.4) is 0 Å². The molecule has 10 heteroatoms. The molecule has 2 fully saturated rings. The lowest BCUT2D eigenvalue weighted by atomic mass is 9.67. The van der Waals surface area contributed by atoms with E-state index in [-0.39, 0.29) is 29.6 Å². The third kappa shape index (κ3) is 10.4. The van der Waals surface area contributed by atoms with Gasteiger partial charge >= 0.3 is 12.3 Å². The van der Waals surface area contributed by atoms with E-state index in [0.717, 1.165) is 42.6 Å². The van der Waals surface area contributed by atoms with Gasteiger partial charge in [0.25, 0.3) is 0 Å². The summed E-state index contributed by atoms with van der Waals surface area (Å²) in [7, 11) is 0. The number of amides is 1. The van der Waals surface area contributed by atoms with Crippen LogP contribution in [-0.4, -0.2) is 54.6 Å². The van der Waals surface area contributed by atoms with Gasteiger partial charge in [0.15, 0.2) is 0 Å². The molecule has 1 saturated carbocycles. The van der Waals surface area contributed by atoms with Gasteiger partial charge in [0.2, 0.25) is 5.91 Å². The summed E-state index contributed by atoms with van der Waals surface area (Å²) in [6, 6.07) is 14.0. The van der Waals surface area contributed by atoms with Crippen molar-refractivity contribution in [3.63, 3.8) is 0 Å². The first kappa shape index (κ1) is 36.6. The second-order valence-corrected chi connectivity index (χ2v) is 14.6. The predicted molar refractivity (Wildman–Crippen MR) is 173 cm³/mol. The number of nitrogens with zero attached hydrogens (tertiary/aromatic N) is 1. The van der Waals surface area contributed by atoms with E-state index < -0.39 is 22.8 Å². The summed E-state index contributed by atoms with van der Waals surface area (Å²) in [5.41, 5.74) is 0.426. The summed E-state index contributed by atoms with van der Waals surface area (Å²) in [6.07, 6.45) is 0.330. The fourth-order valence-corrected chi connectivity index (χ4v) is 6.93. The number of ether oxygens (including phenoxy) is 4. The molecule has 47 heavy (non-hydrogen) atoms. The zero-order valence-electron chi connectivity index (χ0n) is 28.6. The van der Waals surface area contributed by atoms with Crippen molar-refractivity contribution in [2.24, 2.45) is 11.3 Å². The monoisotopic (exact) mass is 661 g/mol. The fourth-order valence-electron chi connectivity index (χ4n) is 6.93. The smallest absolute Gasteiger partial charge is 0.490 e. The average molecular weight is 662 g/mol. The maximum Gasteiger partial charge on any atom is 0.573 e. The van der Waals surface area contributed by atoms with Crippen LogP contribution in [0.25, 0.3) is 0 Å². The van der Waals surface area contributed by atoms with Gasteiger partial charge in [-0.3, -0.25) is 9.59 Å². The molecule has 2 aromatic carbocycles. The van der Waals surface area contributed by atoms with E-state index in [4.69, 9.17) is 14.2 Å². The van der Waals surface area contributed by atoms with E-state index in [0.29, 0.717) is 45.6 Å². The van der Waals surface area contributed by atoms with Crippen LogP contribution in [0.4, 0.5) is 13.2 Å². The van der Waals surface area contributed by atoms with E-state index in [1.54, 1.807) is 12.1 Å². The van der Waals surface area contributed by atoms with Crippen molar-refractivity contribution in [1.29, 1.82) is 0 Å². The van der Waals surface area contributed by atoms with Gasteiger partial charge < -0.3 is 23.8 Å². The van der Waals surface area contributed by atoms with Crippen molar-refractivity contribution in [3.8, 4) is 11.5 Å². The summed E-state index contributed by atoms with van der Waals surface area (Å²) in [6.45, 7) is 13.4. The second kappa shape index (κ2) is 14.9. The number of rotatable bonds is 11. The Morgan fingerprint density at radius 3 is 2.11 bits per heavy atom. The molecule has 0 bridgehead atoms. The molecule has 0 N–H and O–H groups in total. The number of alkyl halides is 3. The number of carbonyl (C=O) groups is 2. The van der Waals surface area contributed by atoms with Gasteiger partial charge in [0, 0.05) is 30.5 Å². The lowest BCUT2D eigenvalue weighted by Crippen LogP contribution is -2.47. The van der Waals surface area contributed by atoms with Crippen LogP contribution in [0.15, 0.2) is 48.5 Å². The Labute approximate surface area is 277 Å². The molecule has 1 atom stereocenters. The minimum absolute atomic E-state index is 0.0200. The highest BCUT2D eigenvalue weighted by Gasteiger charge is 2.43. The summed E-state index contributed by atoms with van der Waals surface area (Å²) in [4.78, 5) is 27.7. The van der Waals surface area contributed by atoms with Crippen LogP contribution in [-0.2, 0) is 31.0 Å². The normalized spacial score (nSPS) is 23.1. The minimum atomic E-state index is -4.76. The number of benzene rings is 2. The zero-order valence-corrected chi connectivity index (χ0v) is 28.6. The van der Waals surface area contributed by atoms with Gasteiger partial charge in [-0.25, -0.2) is 0 Å². The maximum absolute atomic E-state index is 13.8. The van der Waals surface area contributed by atoms with Crippen LogP contribution in [0.2, 0.25) is 0 Å².